The van der Waals surface area contributed by atoms with Crippen LogP contribution in [-0.2, 0) is 0 Å². The summed E-state index contributed by atoms with van der Waals surface area (Å²) in [7, 11) is 1.99. The molecule has 5 heteroatoms. The van der Waals surface area contributed by atoms with Crippen molar-refractivity contribution >= 4 is 16.9 Å². The average Bonchev–Trinajstić information content (AvgIpc) is 2.74. The fraction of sp³-hybridized carbons (Fsp3) is 0.400. The van der Waals surface area contributed by atoms with E-state index in [1.165, 1.54) is 6.39 Å². The number of hydrogen-bond donors (Lipinski definition) is 1. The molecule has 0 aliphatic heterocycles. The van der Waals surface area contributed by atoms with Gasteiger partial charge in [0.05, 0.1) is 5.69 Å². The second-order valence-electron chi connectivity index (χ2n) is 3.53. The minimum absolute atomic E-state index is 0.257. The van der Waals surface area contributed by atoms with Crippen LogP contribution in [0, 0.1) is 0 Å². The van der Waals surface area contributed by atoms with Gasteiger partial charge in [-0.1, -0.05) is 0 Å². The van der Waals surface area contributed by atoms with Crippen LogP contribution < -0.4 is 10.6 Å². The van der Waals surface area contributed by atoms with Crippen LogP contribution in [0.5, 0.6) is 0 Å². The second-order valence-corrected chi connectivity index (χ2v) is 3.53. The lowest BCUT2D eigenvalue weighted by Crippen LogP contribution is -2.35. The maximum Gasteiger partial charge on any atom is 0.248 e. The Labute approximate surface area is 87.9 Å². The molecule has 0 fully saturated rings. The summed E-state index contributed by atoms with van der Waals surface area (Å²) in [5, 5.41) is 0. The molecule has 1 unspecified atom stereocenters. The zero-order valence-electron chi connectivity index (χ0n) is 8.84. The molecular formula is C10H14N4O. The average molecular weight is 206 g/mol. The van der Waals surface area contributed by atoms with Crippen LogP contribution in [0.25, 0.3) is 11.2 Å². The summed E-state index contributed by atoms with van der Waals surface area (Å²) in [6.45, 7) is 2.66. The number of hydrogen-bond acceptors (Lipinski definition) is 5. The summed E-state index contributed by atoms with van der Waals surface area (Å²) >= 11 is 0. The van der Waals surface area contributed by atoms with Crippen molar-refractivity contribution in [1.29, 1.82) is 0 Å². The molecular weight excluding hydrogens is 192 g/mol. The molecule has 2 aromatic heterocycles. The van der Waals surface area contributed by atoms with E-state index >= 15 is 0 Å². The summed E-state index contributed by atoms with van der Waals surface area (Å²) in [6.07, 6.45) is 3.12. The van der Waals surface area contributed by atoms with Crippen molar-refractivity contribution in [3.63, 3.8) is 0 Å². The van der Waals surface area contributed by atoms with Crippen molar-refractivity contribution in [2.24, 2.45) is 5.73 Å². The van der Waals surface area contributed by atoms with Crippen molar-refractivity contribution < 1.29 is 4.42 Å². The van der Waals surface area contributed by atoms with Crippen molar-refractivity contribution in [2.75, 3.05) is 18.5 Å². The molecule has 2 rings (SSSR count). The van der Waals surface area contributed by atoms with E-state index in [1.54, 1.807) is 6.20 Å². The quantitative estimate of drug-likeness (QED) is 0.811. The van der Waals surface area contributed by atoms with Gasteiger partial charge in [-0.2, -0.15) is 0 Å². The van der Waals surface area contributed by atoms with Crippen LogP contribution in [0.15, 0.2) is 23.1 Å². The number of pyridine rings is 1. The van der Waals surface area contributed by atoms with Crippen LogP contribution in [0.3, 0.4) is 0 Å². The molecule has 80 valence electrons. The lowest BCUT2D eigenvalue weighted by molar-refractivity contribution is 0.590. The first kappa shape index (κ1) is 9.92. The molecule has 0 spiro atoms. The maximum atomic E-state index is 5.63. The van der Waals surface area contributed by atoms with Gasteiger partial charge in [-0.15, -0.1) is 0 Å². The van der Waals surface area contributed by atoms with Crippen molar-refractivity contribution in [3.05, 3.63) is 18.7 Å². The van der Waals surface area contributed by atoms with Gasteiger partial charge < -0.3 is 15.1 Å². The molecule has 0 saturated carbocycles. The lowest BCUT2D eigenvalue weighted by Gasteiger charge is -2.25. The monoisotopic (exact) mass is 206 g/mol. The zero-order chi connectivity index (χ0) is 10.8. The molecule has 0 aliphatic carbocycles. The Bertz CT molecular complexity index is 453. The number of nitrogens with two attached hydrogens (primary N) is 1. The molecule has 0 bridgehead atoms. The summed E-state index contributed by atoms with van der Waals surface area (Å²) in [5.41, 5.74) is 7.96. The number of aromatic nitrogens is 2. The van der Waals surface area contributed by atoms with E-state index < -0.39 is 0 Å². The van der Waals surface area contributed by atoms with Crippen LogP contribution in [0.4, 0.5) is 5.69 Å². The second kappa shape index (κ2) is 3.86. The highest BCUT2D eigenvalue weighted by Crippen LogP contribution is 2.23. The Kier molecular flexibility index (Phi) is 2.55. The molecule has 0 saturated heterocycles. The Hall–Kier alpha value is -1.62. The first-order valence-electron chi connectivity index (χ1n) is 4.85. The largest absolute Gasteiger partial charge is 0.425 e. The SMILES string of the molecule is CC(CN)N(C)c1ccnc2ocnc12. The van der Waals surface area contributed by atoms with Crippen molar-refractivity contribution in [3.8, 4) is 0 Å². The van der Waals surface area contributed by atoms with Gasteiger partial charge in [0.1, 0.15) is 0 Å². The third-order valence-electron chi connectivity index (χ3n) is 2.60. The molecule has 1 atom stereocenters. The number of rotatable bonds is 3. The molecule has 2 aromatic rings. The minimum Gasteiger partial charge on any atom is -0.425 e. The molecule has 2 heterocycles. The predicted octanol–water partition coefficient (Wildman–Crippen LogP) is 1.01. The first-order valence-corrected chi connectivity index (χ1v) is 4.85. The summed E-state index contributed by atoms with van der Waals surface area (Å²) in [5.74, 6) is 0. The van der Waals surface area contributed by atoms with E-state index in [9.17, 15) is 0 Å². The van der Waals surface area contributed by atoms with Gasteiger partial charge >= 0.3 is 0 Å². The van der Waals surface area contributed by atoms with Crippen LogP contribution in [0.1, 0.15) is 6.92 Å². The van der Waals surface area contributed by atoms with Gasteiger partial charge in [0, 0.05) is 25.8 Å². The van der Waals surface area contributed by atoms with Crippen molar-refractivity contribution in [1.82, 2.24) is 9.97 Å². The van der Waals surface area contributed by atoms with E-state index in [0.29, 0.717) is 12.3 Å². The smallest absolute Gasteiger partial charge is 0.248 e. The molecule has 0 aliphatic rings. The highest BCUT2D eigenvalue weighted by atomic mass is 16.3. The van der Waals surface area contributed by atoms with Crippen molar-refractivity contribution in [2.45, 2.75) is 13.0 Å². The third-order valence-corrected chi connectivity index (χ3v) is 2.60. The van der Waals surface area contributed by atoms with Gasteiger partial charge in [-0.25, -0.2) is 9.97 Å². The van der Waals surface area contributed by atoms with Crippen LogP contribution in [-0.4, -0.2) is 29.6 Å². The highest BCUT2D eigenvalue weighted by Gasteiger charge is 2.13. The summed E-state index contributed by atoms with van der Waals surface area (Å²) in [6, 6.07) is 2.17. The Morgan fingerprint density at radius 3 is 3.07 bits per heavy atom. The maximum absolute atomic E-state index is 5.63. The fourth-order valence-corrected chi connectivity index (χ4v) is 1.44. The molecule has 15 heavy (non-hydrogen) atoms. The summed E-state index contributed by atoms with van der Waals surface area (Å²) in [4.78, 5) is 10.3. The van der Waals surface area contributed by atoms with Gasteiger partial charge in [0.2, 0.25) is 5.71 Å². The highest BCUT2D eigenvalue weighted by molar-refractivity contribution is 5.84. The van der Waals surface area contributed by atoms with E-state index in [-0.39, 0.29) is 6.04 Å². The number of fused-ring (bicyclic) bond motifs is 1. The number of likely N-dealkylation sites (N-methyl/N-ethyl adjacent to an activating group) is 1. The van der Waals surface area contributed by atoms with Gasteiger partial charge in [-0.05, 0) is 13.0 Å². The standard InChI is InChI=1S/C10H14N4O/c1-7(5-11)14(2)8-3-4-12-10-9(8)13-6-15-10/h3-4,6-7H,5,11H2,1-2H3. The predicted molar refractivity (Wildman–Crippen MR) is 58.7 cm³/mol. The lowest BCUT2D eigenvalue weighted by atomic mass is 10.2. The van der Waals surface area contributed by atoms with E-state index in [2.05, 4.69) is 21.8 Å². The van der Waals surface area contributed by atoms with E-state index in [1.807, 2.05) is 13.1 Å². The Morgan fingerprint density at radius 1 is 1.53 bits per heavy atom. The Morgan fingerprint density at radius 2 is 2.33 bits per heavy atom. The van der Waals surface area contributed by atoms with E-state index in [0.717, 1.165) is 11.2 Å². The van der Waals surface area contributed by atoms with Gasteiger partial charge in [0.25, 0.3) is 0 Å². The molecule has 0 aromatic carbocycles. The molecule has 5 nitrogen and oxygen atoms in total. The topological polar surface area (TPSA) is 68.2 Å². The molecule has 0 radical (unpaired) electrons. The van der Waals surface area contributed by atoms with E-state index in [4.69, 9.17) is 10.2 Å². The van der Waals surface area contributed by atoms with Gasteiger partial charge in [0.15, 0.2) is 11.9 Å². The molecule has 2 N–H and O–H groups in total. The Balaban J connectivity index is 2.46. The zero-order valence-corrected chi connectivity index (χ0v) is 8.84. The summed E-state index contributed by atoms with van der Waals surface area (Å²) < 4.78 is 5.14. The third kappa shape index (κ3) is 1.66. The van der Waals surface area contributed by atoms with Gasteiger partial charge in [-0.3, -0.25) is 0 Å². The minimum atomic E-state index is 0.257. The number of oxazole rings is 1. The first-order chi connectivity index (χ1) is 7.24. The fourth-order valence-electron chi connectivity index (χ4n) is 1.44. The molecule has 0 amide bonds. The number of nitrogens with zero attached hydrogens (tertiary/aromatic N) is 3. The number of anilines is 1. The van der Waals surface area contributed by atoms with Crippen LogP contribution >= 0.6 is 0 Å². The van der Waals surface area contributed by atoms with Crippen LogP contribution in [0.2, 0.25) is 0 Å². The normalized spacial score (nSPS) is 13.0.